The molecule has 23 heavy (non-hydrogen) atoms. The molecule has 1 aliphatic heterocycles. The van der Waals surface area contributed by atoms with Crippen LogP contribution >= 0.6 is 0 Å². The summed E-state index contributed by atoms with van der Waals surface area (Å²) in [6.45, 7) is 1.65. The van der Waals surface area contributed by atoms with Gasteiger partial charge in [-0.25, -0.2) is 0 Å². The zero-order valence-electron chi connectivity index (χ0n) is 12.9. The van der Waals surface area contributed by atoms with E-state index in [0.717, 1.165) is 34.5 Å². The average molecular weight is 309 g/mol. The molecule has 1 heterocycles. The second-order valence-corrected chi connectivity index (χ2v) is 5.87. The minimum absolute atomic E-state index is 0.0476. The predicted octanol–water partition coefficient (Wildman–Crippen LogP) is 2.06. The number of fused-ring (bicyclic) bond motifs is 1. The maximum absolute atomic E-state index is 11.6. The molecule has 5 nitrogen and oxygen atoms in total. The van der Waals surface area contributed by atoms with Crippen LogP contribution < -0.4 is 16.4 Å². The number of nitrogens with one attached hydrogen (secondary N) is 2. The molecule has 0 bridgehead atoms. The number of hydrogen-bond donors (Lipinski definition) is 3. The van der Waals surface area contributed by atoms with Crippen LogP contribution in [-0.2, 0) is 22.4 Å². The first-order valence-electron chi connectivity index (χ1n) is 7.58. The van der Waals surface area contributed by atoms with E-state index in [9.17, 15) is 9.59 Å². The Labute approximate surface area is 134 Å². The molecule has 2 aromatic rings. The molecular formula is C18H19N3O2. The Hall–Kier alpha value is -2.66. The summed E-state index contributed by atoms with van der Waals surface area (Å²) in [5.74, 6) is -0.153. The molecule has 0 aromatic heterocycles. The molecule has 0 saturated heterocycles. The lowest BCUT2D eigenvalue weighted by Crippen LogP contribution is -2.32. The van der Waals surface area contributed by atoms with Gasteiger partial charge in [-0.05, 0) is 48.2 Å². The van der Waals surface area contributed by atoms with E-state index in [2.05, 4.69) is 16.7 Å². The summed E-state index contributed by atoms with van der Waals surface area (Å²) in [5, 5.41) is 5.60. The Kier molecular flexibility index (Phi) is 4.12. The van der Waals surface area contributed by atoms with Crippen molar-refractivity contribution in [2.75, 3.05) is 10.6 Å². The van der Waals surface area contributed by atoms with Crippen LogP contribution in [0.4, 0.5) is 11.4 Å². The van der Waals surface area contributed by atoms with Crippen molar-refractivity contribution in [3.63, 3.8) is 0 Å². The van der Waals surface area contributed by atoms with Crippen LogP contribution in [0.2, 0.25) is 0 Å². The molecule has 0 fully saturated rings. The van der Waals surface area contributed by atoms with E-state index in [0.29, 0.717) is 6.42 Å². The van der Waals surface area contributed by atoms with Gasteiger partial charge in [0.15, 0.2) is 0 Å². The highest BCUT2D eigenvalue weighted by molar-refractivity contribution is 5.99. The Balaban J connectivity index is 1.68. The van der Waals surface area contributed by atoms with E-state index in [-0.39, 0.29) is 11.8 Å². The lowest BCUT2D eigenvalue weighted by atomic mass is 10.0. The third-order valence-corrected chi connectivity index (χ3v) is 3.84. The lowest BCUT2D eigenvalue weighted by molar-refractivity contribution is -0.117. The first-order chi connectivity index (χ1) is 11.0. The van der Waals surface area contributed by atoms with Gasteiger partial charge in [-0.3, -0.25) is 9.59 Å². The van der Waals surface area contributed by atoms with Crippen LogP contribution in [0, 0.1) is 0 Å². The molecule has 0 saturated carbocycles. The fourth-order valence-corrected chi connectivity index (χ4v) is 2.59. The van der Waals surface area contributed by atoms with E-state index in [1.807, 2.05) is 36.4 Å². The number of carbonyl (C=O) groups excluding carboxylic acids is 2. The summed E-state index contributed by atoms with van der Waals surface area (Å²) in [6.07, 6.45) is 1.23. The van der Waals surface area contributed by atoms with Gasteiger partial charge in [0.1, 0.15) is 0 Å². The van der Waals surface area contributed by atoms with E-state index >= 15 is 0 Å². The zero-order chi connectivity index (χ0) is 16.4. The van der Waals surface area contributed by atoms with Crippen molar-refractivity contribution in [3.8, 4) is 0 Å². The Morgan fingerprint density at radius 1 is 1.22 bits per heavy atom. The number of amides is 2. The summed E-state index contributed by atoms with van der Waals surface area (Å²) in [6, 6.07) is 13.2. The van der Waals surface area contributed by atoms with Crippen molar-refractivity contribution in [2.24, 2.45) is 5.73 Å². The summed E-state index contributed by atoms with van der Waals surface area (Å²) in [5.41, 5.74) is 10.5. The van der Waals surface area contributed by atoms with Crippen LogP contribution in [0.25, 0.3) is 0 Å². The van der Waals surface area contributed by atoms with Crippen molar-refractivity contribution in [1.82, 2.24) is 0 Å². The minimum atomic E-state index is -0.530. The second-order valence-electron chi connectivity index (χ2n) is 5.87. The highest BCUT2D eigenvalue weighted by Crippen LogP contribution is 2.25. The molecule has 2 aromatic carbocycles. The van der Waals surface area contributed by atoms with Gasteiger partial charge in [0.05, 0.1) is 12.5 Å². The number of benzene rings is 2. The monoisotopic (exact) mass is 309 g/mol. The average Bonchev–Trinajstić information content (AvgIpc) is 2.88. The van der Waals surface area contributed by atoms with Crippen LogP contribution in [0.15, 0.2) is 42.5 Å². The molecule has 118 valence electrons. The Morgan fingerprint density at radius 3 is 2.61 bits per heavy atom. The second kappa shape index (κ2) is 6.22. The highest BCUT2D eigenvalue weighted by atomic mass is 16.2. The van der Waals surface area contributed by atoms with Gasteiger partial charge < -0.3 is 16.4 Å². The van der Waals surface area contributed by atoms with Gasteiger partial charge >= 0.3 is 0 Å². The third-order valence-electron chi connectivity index (χ3n) is 3.84. The van der Waals surface area contributed by atoms with Crippen LogP contribution in [0.5, 0.6) is 0 Å². The summed E-state index contributed by atoms with van der Waals surface area (Å²) < 4.78 is 0. The zero-order valence-corrected chi connectivity index (χ0v) is 12.9. The maximum atomic E-state index is 11.6. The maximum Gasteiger partial charge on any atom is 0.240 e. The van der Waals surface area contributed by atoms with Crippen molar-refractivity contribution >= 4 is 23.2 Å². The molecule has 2 amide bonds. The SMILES string of the molecule is CC(N)C(=O)Nc1ccc(Cc2ccc3c(c2)CC(=O)N3)cc1. The molecule has 1 aliphatic rings. The summed E-state index contributed by atoms with van der Waals surface area (Å²) >= 11 is 0. The minimum Gasteiger partial charge on any atom is -0.326 e. The van der Waals surface area contributed by atoms with E-state index in [1.165, 1.54) is 0 Å². The van der Waals surface area contributed by atoms with Gasteiger partial charge in [0, 0.05) is 11.4 Å². The number of nitrogens with two attached hydrogens (primary N) is 1. The normalized spacial score (nSPS) is 14.1. The van der Waals surface area contributed by atoms with E-state index in [1.54, 1.807) is 6.92 Å². The van der Waals surface area contributed by atoms with Gasteiger partial charge in [-0.2, -0.15) is 0 Å². The van der Waals surface area contributed by atoms with Crippen molar-refractivity contribution in [2.45, 2.75) is 25.8 Å². The predicted molar refractivity (Wildman–Crippen MR) is 90.3 cm³/mol. The molecule has 5 heteroatoms. The van der Waals surface area contributed by atoms with Gasteiger partial charge in [-0.15, -0.1) is 0 Å². The first kappa shape index (κ1) is 15.2. The van der Waals surface area contributed by atoms with Gasteiger partial charge in [-0.1, -0.05) is 24.3 Å². The largest absolute Gasteiger partial charge is 0.326 e. The molecule has 1 atom stereocenters. The third kappa shape index (κ3) is 3.57. The molecule has 0 spiro atoms. The molecule has 1 unspecified atom stereocenters. The van der Waals surface area contributed by atoms with Crippen LogP contribution in [-0.4, -0.2) is 17.9 Å². The first-order valence-corrected chi connectivity index (χ1v) is 7.58. The lowest BCUT2D eigenvalue weighted by Gasteiger charge is -2.09. The van der Waals surface area contributed by atoms with Crippen LogP contribution in [0.1, 0.15) is 23.6 Å². The summed E-state index contributed by atoms with van der Waals surface area (Å²) in [7, 11) is 0. The number of hydrogen-bond acceptors (Lipinski definition) is 3. The van der Waals surface area contributed by atoms with E-state index < -0.39 is 6.04 Å². The molecule has 4 N–H and O–H groups in total. The molecule has 0 aliphatic carbocycles. The fraction of sp³-hybridized carbons (Fsp3) is 0.222. The molecular weight excluding hydrogens is 290 g/mol. The number of carbonyl (C=O) groups is 2. The van der Waals surface area contributed by atoms with Crippen molar-refractivity contribution < 1.29 is 9.59 Å². The van der Waals surface area contributed by atoms with E-state index in [4.69, 9.17) is 5.73 Å². The molecule has 0 radical (unpaired) electrons. The standard InChI is InChI=1S/C18H19N3O2/c1-11(19)18(23)20-15-5-2-12(3-6-15)8-13-4-7-16-14(9-13)10-17(22)21-16/h2-7,9,11H,8,10,19H2,1H3,(H,20,23)(H,21,22). The quantitative estimate of drug-likeness (QED) is 0.808. The van der Waals surface area contributed by atoms with Gasteiger partial charge in [0.2, 0.25) is 11.8 Å². The Bertz CT molecular complexity index is 751. The topological polar surface area (TPSA) is 84.2 Å². The Morgan fingerprint density at radius 2 is 1.91 bits per heavy atom. The van der Waals surface area contributed by atoms with Crippen molar-refractivity contribution in [1.29, 1.82) is 0 Å². The smallest absolute Gasteiger partial charge is 0.240 e. The molecule has 3 rings (SSSR count). The highest BCUT2D eigenvalue weighted by Gasteiger charge is 2.17. The van der Waals surface area contributed by atoms with Gasteiger partial charge in [0.25, 0.3) is 0 Å². The summed E-state index contributed by atoms with van der Waals surface area (Å²) in [4.78, 5) is 22.9. The van der Waals surface area contributed by atoms with Crippen LogP contribution in [0.3, 0.4) is 0 Å². The number of anilines is 2. The number of rotatable bonds is 4. The van der Waals surface area contributed by atoms with Crippen molar-refractivity contribution in [3.05, 3.63) is 59.2 Å². The fourth-order valence-electron chi connectivity index (χ4n) is 2.59.